The third-order valence-corrected chi connectivity index (χ3v) is 1.53. The van der Waals surface area contributed by atoms with Crippen molar-refractivity contribution in [1.29, 1.82) is 0 Å². The molecule has 0 saturated carbocycles. The van der Waals surface area contributed by atoms with E-state index in [1.165, 1.54) is 0 Å². The van der Waals surface area contributed by atoms with Crippen LogP contribution in [0.2, 0.25) is 0 Å². The lowest BCUT2D eigenvalue weighted by molar-refractivity contribution is -0.143. The fourth-order valence-corrected chi connectivity index (χ4v) is 0.898. The first-order valence-electron chi connectivity index (χ1n) is 3.86. The Bertz CT molecular complexity index is 268. The van der Waals surface area contributed by atoms with Gasteiger partial charge < -0.3 is 9.30 Å². The Hall–Kier alpha value is -1.32. The van der Waals surface area contributed by atoms with E-state index in [0.717, 1.165) is 5.69 Å². The molecule has 0 aliphatic carbocycles. The highest BCUT2D eigenvalue weighted by Crippen LogP contribution is 1.96. The Labute approximate surface area is 71.2 Å². The van der Waals surface area contributed by atoms with Crippen LogP contribution in [0.4, 0.5) is 0 Å². The SMILES string of the molecule is CCOC(=O)Cn1cncc1C. The van der Waals surface area contributed by atoms with E-state index in [9.17, 15) is 4.79 Å². The van der Waals surface area contributed by atoms with Crippen molar-refractivity contribution in [3.05, 3.63) is 18.2 Å². The van der Waals surface area contributed by atoms with Crippen LogP contribution in [0.5, 0.6) is 0 Å². The van der Waals surface area contributed by atoms with Gasteiger partial charge in [0.1, 0.15) is 6.54 Å². The minimum atomic E-state index is -0.224. The van der Waals surface area contributed by atoms with Crippen LogP contribution in [-0.4, -0.2) is 22.1 Å². The Morgan fingerprint density at radius 3 is 3.00 bits per heavy atom. The van der Waals surface area contributed by atoms with Crippen molar-refractivity contribution in [1.82, 2.24) is 9.55 Å². The van der Waals surface area contributed by atoms with E-state index in [2.05, 4.69) is 4.98 Å². The van der Waals surface area contributed by atoms with Crippen LogP contribution in [0.15, 0.2) is 12.5 Å². The molecule has 0 radical (unpaired) electrons. The molecule has 0 atom stereocenters. The Kier molecular flexibility index (Phi) is 2.85. The van der Waals surface area contributed by atoms with Gasteiger partial charge in [0.15, 0.2) is 0 Å². The van der Waals surface area contributed by atoms with Crippen LogP contribution >= 0.6 is 0 Å². The predicted molar refractivity (Wildman–Crippen MR) is 43.6 cm³/mol. The fraction of sp³-hybridized carbons (Fsp3) is 0.500. The van der Waals surface area contributed by atoms with Crippen molar-refractivity contribution in [2.75, 3.05) is 6.61 Å². The molecule has 0 N–H and O–H groups in total. The van der Waals surface area contributed by atoms with Crippen molar-refractivity contribution in [2.45, 2.75) is 20.4 Å². The molecule has 1 aromatic rings. The van der Waals surface area contributed by atoms with Gasteiger partial charge in [0.25, 0.3) is 0 Å². The summed E-state index contributed by atoms with van der Waals surface area (Å²) in [4.78, 5) is 14.9. The average Bonchev–Trinajstić information content (AvgIpc) is 2.37. The number of nitrogens with zero attached hydrogens (tertiary/aromatic N) is 2. The number of imidazole rings is 1. The van der Waals surface area contributed by atoms with E-state index in [0.29, 0.717) is 6.61 Å². The smallest absolute Gasteiger partial charge is 0.325 e. The predicted octanol–water partition coefficient (Wildman–Crippen LogP) is 0.755. The zero-order valence-electron chi connectivity index (χ0n) is 7.28. The summed E-state index contributed by atoms with van der Waals surface area (Å²) in [5.74, 6) is -0.224. The zero-order valence-corrected chi connectivity index (χ0v) is 7.28. The minimum Gasteiger partial charge on any atom is -0.465 e. The van der Waals surface area contributed by atoms with Crippen LogP contribution in [0.25, 0.3) is 0 Å². The fourth-order valence-electron chi connectivity index (χ4n) is 0.898. The van der Waals surface area contributed by atoms with Crippen LogP contribution in [-0.2, 0) is 16.1 Å². The number of aryl methyl sites for hydroxylation is 1. The Morgan fingerprint density at radius 2 is 2.50 bits per heavy atom. The summed E-state index contributed by atoms with van der Waals surface area (Å²) in [5, 5.41) is 0. The first-order valence-corrected chi connectivity index (χ1v) is 3.86. The summed E-state index contributed by atoms with van der Waals surface area (Å²) < 4.78 is 6.53. The Balaban J connectivity index is 2.52. The number of esters is 1. The van der Waals surface area contributed by atoms with Gasteiger partial charge in [-0.05, 0) is 13.8 Å². The molecule has 0 saturated heterocycles. The second-order valence-corrected chi connectivity index (χ2v) is 2.47. The first kappa shape index (κ1) is 8.77. The number of hydrogen-bond acceptors (Lipinski definition) is 3. The van der Waals surface area contributed by atoms with Crippen molar-refractivity contribution in [2.24, 2.45) is 0 Å². The summed E-state index contributed by atoms with van der Waals surface area (Å²) in [6, 6.07) is 0. The monoisotopic (exact) mass is 168 g/mol. The molecule has 0 spiro atoms. The van der Waals surface area contributed by atoms with Gasteiger partial charge in [-0.25, -0.2) is 4.98 Å². The number of carbonyl (C=O) groups excluding carboxylic acids is 1. The lowest BCUT2D eigenvalue weighted by Gasteiger charge is -2.03. The number of ether oxygens (including phenoxy) is 1. The van der Waals surface area contributed by atoms with Gasteiger partial charge in [-0.15, -0.1) is 0 Å². The lowest BCUT2D eigenvalue weighted by Crippen LogP contribution is -2.13. The topological polar surface area (TPSA) is 44.1 Å². The number of hydrogen-bond donors (Lipinski definition) is 0. The van der Waals surface area contributed by atoms with E-state index < -0.39 is 0 Å². The van der Waals surface area contributed by atoms with Gasteiger partial charge in [-0.3, -0.25) is 4.79 Å². The van der Waals surface area contributed by atoms with E-state index >= 15 is 0 Å². The molecule has 0 bridgehead atoms. The van der Waals surface area contributed by atoms with Gasteiger partial charge >= 0.3 is 5.97 Å². The van der Waals surface area contributed by atoms with Crippen LogP contribution < -0.4 is 0 Å². The molecule has 1 rings (SSSR count). The molecule has 0 amide bonds. The summed E-state index contributed by atoms with van der Waals surface area (Å²) in [6.45, 7) is 4.36. The summed E-state index contributed by atoms with van der Waals surface area (Å²) >= 11 is 0. The maximum Gasteiger partial charge on any atom is 0.325 e. The molecule has 0 aliphatic rings. The number of rotatable bonds is 3. The minimum absolute atomic E-state index is 0.224. The molecule has 66 valence electrons. The van der Waals surface area contributed by atoms with Crippen molar-refractivity contribution in [3.8, 4) is 0 Å². The summed E-state index contributed by atoms with van der Waals surface area (Å²) in [7, 11) is 0. The largest absolute Gasteiger partial charge is 0.465 e. The van der Waals surface area contributed by atoms with Crippen molar-refractivity contribution < 1.29 is 9.53 Å². The quantitative estimate of drug-likeness (QED) is 0.626. The second kappa shape index (κ2) is 3.90. The van der Waals surface area contributed by atoms with Crippen molar-refractivity contribution >= 4 is 5.97 Å². The highest BCUT2D eigenvalue weighted by atomic mass is 16.5. The van der Waals surface area contributed by atoms with Gasteiger partial charge in [0.05, 0.1) is 12.9 Å². The zero-order chi connectivity index (χ0) is 8.97. The normalized spacial score (nSPS) is 9.83. The molecule has 0 unspecified atom stereocenters. The van der Waals surface area contributed by atoms with E-state index in [4.69, 9.17) is 4.74 Å². The first-order chi connectivity index (χ1) is 5.74. The van der Waals surface area contributed by atoms with Crippen LogP contribution in [0.1, 0.15) is 12.6 Å². The molecule has 1 heterocycles. The van der Waals surface area contributed by atoms with E-state index in [-0.39, 0.29) is 12.5 Å². The number of aromatic nitrogens is 2. The van der Waals surface area contributed by atoms with E-state index in [1.807, 2.05) is 6.92 Å². The van der Waals surface area contributed by atoms with Gasteiger partial charge in [0.2, 0.25) is 0 Å². The molecule has 1 aromatic heterocycles. The third-order valence-electron chi connectivity index (χ3n) is 1.53. The van der Waals surface area contributed by atoms with Crippen molar-refractivity contribution in [3.63, 3.8) is 0 Å². The molecule has 4 nitrogen and oxygen atoms in total. The summed E-state index contributed by atoms with van der Waals surface area (Å²) in [5.41, 5.74) is 0.961. The third kappa shape index (κ3) is 2.08. The standard InChI is InChI=1S/C8H12N2O2/c1-3-12-8(11)5-10-6-9-4-7(10)2/h4,6H,3,5H2,1-2H3. The van der Waals surface area contributed by atoms with Crippen LogP contribution in [0.3, 0.4) is 0 Å². The molecule has 0 fully saturated rings. The maximum atomic E-state index is 11.0. The van der Waals surface area contributed by atoms with Gasteiger partial charge in [0, 0.05) is 11.9 Å². The highest BCUT2D eigenvalue weighted by Gasteiger charge is 2.03. The molecule has 0 aliphatic heterocycles. The molecule has 0 aromatic carbocycles. The van der Waals surface area contributed by atoms with E-state index in [1.54, 1.807) is 24.0 Å². The number of carbonyl (C=O) groups is 1. The average molecular weight is 168 g/mol. The lowest BCUT2D eigenvalue weighted by atomic mass is 10.5. The second-order valence-electron chi connectivity index (χ2n) is 2.47. The molecule has 4 heteroatoms. The molecule has 12 heavy (non-hydrogen) atoms. The molecular formula is C8H12N2O2. The molecular weight excluding hydrogens is 156 g/mol. The summed E-state index contributed by atoms with van der Waals surface area (Å²) in [6.07, 6.45) is 3.32. The highest BCUT2D eigenvalue weighted by molar-refractivity contribution is 5.69. The maximum absolute atomic E-state index is 11.0. The Morgan fingerprint density at radius 1 is 1.75 bits per heavy atom. The van der Waals surface area contributed by atoms with Crippen LogP contribution in [0, 0.1) is 6.92 Å². The van der Waals surface area contributed by atoms with Gasteiger partial charge in [-0.2, -0.15) is 0 Å². The van der Waals surface area contributed by atoms with Gasteiger partial charge in [-0.1, -0.05) is 0 Å².